The first-order valence-electron chi connectivity index (χ1n) is 9.62. The summed E-state index contributed by atoms with van der Waals surface area (Å²) in [5, 5.41) is 2.69. The summed E-state index contributed by atoms with van der Waals surface area (Å²) in [6, 6.07) is 13.1. The molecule has 7 heteroatoms. The van der Waals surface area contributed by atoms with Gasteiger partial charge in [-0.2, -0.15) is 0 Å². The van der Waals surface area contributed by atoms with Crippen molar-refractivity contribution in [2.24, 2.45) is 0 Å². The number of benzene rings is 2. The largest absolute Gasteiger partial charge is 0.341 e. The highest BCUT2D eigenvalue weighted by Crippen LogP contribution is 2.15. The third-order valence-corrected chi connectivity index (χ3v) is 4.87. The highest BCUT2D eigenvalue weighted by Gasteiger charge is 2.24. The summed E-state index contributed by atoms with van der Waals surface area (Å²) in [5.74, 6) is -1.03. The maximum Gasteiger partial charge on any atom is 0.256 e. The standard InChI is InChI=1S/C22H24FN3O3/c1-16(27)24-18-9-7-17(8-10-18)15-21(28)25-11-4-12-26(14-13-25)22(29)19-5-2-3-6-20(19)23/h2-3,5-10H,4,11-15H2,1H3,(H,24,27). The summed E-state index contributed by atoms with van der Waals surface area (Å²) in [4.78, 5) is 39.7. The van der Waals surface area contributed by atoms with Crippen molar-refractivity contribution in [2.75, 3.05) is 31.5 Å². The van der Waals surface area contributed by atoms with Crippen molar-refractivity contribution in [2.45, 2.75) is 19.8 Å². The molecule has 3 rings (SSSR count). The van der Waals surface area contributed by atoms with Crippen molar-refractivity contribution >= 4 is 23.4 Å². The van der Waals surface area contributed by atoms with Gasteiger partial charge in [-0.3, -0.25) is 14.4 Å². The van der Waals surface area contributed by atoms with Gasteiger partial charge in [-0.1, -0.05) is 24.3 Å². The van der Waals surface area contributed by atoms with Crippen LogP contribution < -0.4 is 5.32 Å². The van der Waals surface area contributed by atoms with Gasteiger partial charge in [-0.25, -0.2) is 4.39 Å². The third kappa shape index (κ3) is 5.40. The molecule has 0 radical (unpaired) electrons. The first-order valence-corrected chi connectivity index (χ1v) is 9.62. The predicted octanol–water partition coefficient (Wildman–Crippen LogP) is 2.70. The maximum absolute atomic E-state index is 13.9. The van der Waals surface area contributed by atoms with Crippen LogP contribution in [0.2, 0.25) is 0 Å². The predicted molar refractivity (Wildman–Crippen MR) is 108 cm³/mol. The fraction of sp³-hybridized carbons (Fsp3) is 0.318. The van der Waals surface area contributed by atoms with Crippen molar-refractivity contribution in [3.63, 3.8) is 0 Å². The Morgan fingerprint density at radius 2 is 1.59 bits per heavy atom. The molecular weight excluding hydrogens is 373 g/mol. The normalized spacial score (nSPS) is 14.3. The number of amides is 3. The Morgan fingerprint density at radius 1 is 0.931 bits per heavy atom. The molecule has 1 saturated heterocycles. The van der Waals surface area contributed by atoms with E-state index in [1.54, 1.807) is 34.1 Å². The highest BCUT2D eigenvalue weighted by molar-refractivity contribution is 5.94. The molecule has 0 aromatic heterocycles. The van der Waals surface area contributed by atoms with E-state index in [0.717, 1.165) is 5.56 Å². The quantitative estimate of drug-likeness (QED) is 0.863. The molecule has 0 unspecified atom stereocenters. The van der Waals surface area contributed by atoms with Gasteiger partial charge in [-0.15, -0.1) is 0 Å². The molecule has 1 aliphatic rings. The lowest BCUT2D eigenvalue weighted by atomic mass is 10.1. The average molecular weight is 397 g/mol. The van der Waals surface area contributed by atoms with Gasteiger partial charge < -0.3 is 15.1 Å². The lowest BCUT2D eigenvalue weighted by Crippen LogP contribution is -2.38. The first kappa shape index (κ1) is 20.5. The van der Waals surface area contributed by atoms with Gasteiger partial charge in [0.2, 0.25) is 11.8 Å². The van der Waals surface area contributed by atoms with Gasteiger partial charge >= 0.3 is 0 Å². The molecule has 2 aromatic rings. The molecule has 152 valence electrons. The van der Waals surface area contributed by atoms with Crippen molar-refractivity contribution in [3.8, 4) is 0 Å². The summed E-state index contributed by atoms with van der Waals surface area (Å²) in [6.07, 6.45) is 0.898. The number of hydrogen-bond acceptors (Lipinski definition) is 3. The van der Waals surface area contributed by atoms with E-state index in [9.17, 15) is 18.8 Å². The molecule has 1 N–H and O–H groups in total. The zero-order chi connectivity index (χ0) is 20.8. The lowest BCUT2D eigenvalue weighted by Gasteiger charge is -2.22. The van der Waals surface area contributed by atoms with E-state index in [0.29, 0.717) is 38.3 Å². The van der Waals surface area contributed by atoms with Crippen LogP contribution in [0, 0.1) is 5.82 Å². The monoisotopic (exact) mass is 397 g/mol. The van der Waals surface area contributed by atoms with Crippen molar-refractivity contribution in [3.05, 3.63) is 65.5 Å². The molecule has 6 nitrogen and oxygen atoms in total. The molecule has 1 fully saturated rings. The maximum atomic E-state index is 13.9. The summed E-state index contributed by atoms with van der Waals surface area (Å²) in [7, 11) is 0. The van der Waals surface area contributed by atoms with E-state index in [1.165, 1.54) is 19.1 Å². The van der Waals surface area contributed by atoms with E-state index in [4.69, 9.17) is 0 Å². The molecular formula is C22H24FN3O3. The summed E-state index contributed by atoms with van der Waals surface area (Å²) in [5.41, 5.74) is 1.60. The van der Waals surface area contributed by atoms with Crippen LogP contribution in [-0.4, -0.2) is 53.7 Å². The highest BCUT2D eigenvalue weighted by atomic mass is 19.1. The topological polar surface area (TPSA) is 69.7 Å². The zero-order valence-corrected chi connectivity index (χ0v) is 16.4. The minimum absolute atomic E-state index is 0.0162. The van der Waals surface area contributed by atoms with Gasteiger partial charge in [0.25, 0.3) is 5.91 Å². The van der Waals surface area contributed by atoms with Crippen LogP contribution in [0.3, 0.4) is 0 Å². The van der Waals surface area contributed by atoms with Crippen LogP contribution in [0.25, 0.3) is 0 Å². The number of anilines is 1. The number of carbonyl (C=O) groups excluding carboxylic acids is 3. The molecule has 0 aliphatic carbocycles. The van der Waals surface area contributed by atoms with Crippen LogP contribution in [0.4, 0.5) is 10.1 Å². The van der Waals surface area contributed by atoms with Gasteiger partial charge in [0, 0.05) is 38.8 Å². The van der Waals surface area contributed by atoms with Gasteiger partial charge in [0.1, 0.15) is 5.82 Å². The number of rotatable bonds is 4. The molecule has 0 bridgehead atoms. The Morgan fingerprint density at radius 3 is 2.28 bits per heavy atom. The second-order valence-corrected chi connectivity index (χ2v) is 7.06. The Labute approximate surface area is 169 Å². The van der Waals surface area contributed by atoms with E-state index in [2.05, 4.69) is 5.32 Å². The van der Waals surface area contributed by atoms with E-state index < -0.39 is 5.82 Å². The molecule has 3 amide bonds. The molecule has 0 spiro atoms. The van der Waals surface area contributed by atoms with Crippen molar-refractivity contribution < 1.29 is 18.8 Å². The second-order valence-electron chi connectivity index (χ2n) is 7.06. The number of hydrogen-bond donors (Lipinski definition) is 1. The van der Waals surface area contributed by atoms with Crippen molar-refractivity contribution in [1.29, 1.82) is 0 Å². The summed E-state index contributed by atoms with van der Waals surface area (Å²) in [6.45, 7) is 3.28. The van der Waals surface area contributed by atoms with Crippen LogP contribution >= 0.6 is 0 Å². The number of carbonyl (C=O) groups is 3. The SMILES string of the molecule is CC(=O)Nc1ccc(CC(=O)N2CCCN(C(=O)c3ccccc3F)CC2)cc1. The number of nitrogens with one attached hydrogen (secondary N) is 1. The second kappa shape index (κ2) is 9.32. The zero-order valence-electron chi connectivity index (χ0n) is 16.4. The van der Waals surface area contributed by atoms with Crippen LogP contribution in [0.5, 0.6) is 0 Å². The van der Waals surface area contributed by atoms with E-state index in [1.807, 2.05) is 12.1 Å². The Bertz CT molecular complexity index is 898. The number of halogens is 1. The van der Waals surface area contributed by atoms with Crippen LogP contribution in [0.15, 0.2) is 48.5 Å². The fourth-order valence-corrected chi connectivity index (χ4v) is 3.37. The summed E-state index contributed by atoms with van der Waals surface area (Å²) >= 11 is 0. The van der Waals surface area contributed by atoms with Gasteiger partial charge in [-0.05, 0) is 36.2 Å². The average Bonchev–Trinajstić information content (AvgIpc) is 2.95. The summed E-state index contributed by atoms with van der Waals surface area (Å²) < 4.78 is 13.9. The Hall–Kier alpha value is -3.22. The minimum atomic E-state index is -0.530. The Kier molecular flexibility index (Phi) is 6.59. The molecule has 29 heavy (non-hydrogen) atoms. The number of nitrogens with zero attached hydrogens (tertiary/aromatic N) is 2. The van der Waals surface area contributed by atoms with Crippen molar-refractivity contribution in [1.82, 2.24) is 9.80 Å². The van der Waals surface area contributed by atoms with Gasteiger partial charge in [0.05, 0.1) is 12.0 Å². The first-order chi connectivity index (χ1) is 13.9. The molecule has 0 saturated carbocycles. The minimum Gasteiger partial charge on any atom is -0.341 e. The van der Waals surface area contributed by atoms with Gasteiger partial charge in [0.15, 0.2) is 0 Å². The van der Waals surface area contributed by atoms with E-state index in [-0.39, 0.29) is 29.7 Å². The van der Waals surface area contributed by atoms with Crippen LogP contribution in [0.1, 0.15) is 29.3 Å². The lowest BCUT2D eigenvalue weighted by molar-refractivity contribution is -0.130. The molecule has 1 heterocycles. The molecule has 0 atom stereocenters. The van der Waals surface area contributed by atoms with E-state index >= 15 is 0 Å². The smallest absolute Gasteiger partial charge is 0.256 e. The van der Waals surface area contributed by atoms with Crippen LogP contribution in [-0.2, 0) is 16.0 Å². The third-order valence-electron chi connectivity index (χ3n) is 4.87. The fourth-order valence-electron chi connectivity index (χ4n) is 3.37. The molecule has 2 aromatic carbocycles. The Balaban J connectivity index is 1.57. The molecule has 1 aliphatic heterocycles.